The van der Waals surface area contributed by atoms with Crippen LogP contribution in [0.3, 0.4) is 0 Å². The number of H-pyrrole nitrogens is 1. The summed E-state index contributed by atoms with van der Waals surface area (Å²) in [7, 11) is 0. The molecule has 0 unspecified atom stereocenters. The lowest BCUT2D eigenvalue weighted by Crippen LogP contribution is -2.40. The first-order valence-electron chi connectivity index (χ1n) is 11.1. The Bertz CT molecular complexity index is 1090. The second-order valence-electron chi connectivity index (χ2n) is 9.78. The van der Waals surface area contributed by atoms with Gasteiger partial charge in [0.05, 0.1) is 6.61 Å². The molecular weight excluding hydrogens is 386 g/mol. The monoisotopic (exact) mass is 419 g/mol. The molecule has 1 saturated heterocycles. The lowest BCUT2D eigenvalue weighted by atomic mass is 9.97. The molecule has 0 radical (unpaired) electrons. The van der Waals surface area contributed by atoms with Crippen LogP contribution in [0.5, 0.6) is 0 Å². The molecule has 3 aromatic rings. The van der Waals surface area contributed by atoms with Gasteiger partial charge in [0.2, 0.25) is 0 Å². The van der Waals surface area contributed by atoms with Crippen LogP contribution in [0.25, 0.3) is 22.0 Å². The molecule has 1 fully saturated rings. The molecule has 5 nitrogen and oxygen atoms in total. The molecule has 1 aromatic heterocycles. The highest BCUT2D eigenvalue weighted by molar-refractivity contribution is 5.97. The van der Waals surface area contributed by atoms with Gasteiger partial charge in [-0.05, 0) is 88.0 Å². The third kappa shape index (κ3) is 4.83. The third-order valence-electron chi connectivity index (χ3n) is 6.06. The fourth-order valence-electron chi connectivity index (χ4n) is 4.44. The van der Waals surface area contributed by atoms with Crippen molar-refractivity contribution in [3.05, 3.63) is 59.3 Å². The average Bonchev–Trinajstić information content (AvgIpc) is 3.32. The Morgan fingerprint density at radius 3 is 2.65 bits per heavy atom. The van der Waals surface area contributed by atoms with Crippen molar-refractivity contribution in [2.75, 3.05) is 13.2 Å². The van der Waals surface area contributed by atoms with E-state index in [0.717, 1.165) is 53.5 Å². The molecule has 0 saturated carbocycles. The van der Waals surface area contributed by atoms with Crippen molar-refractivity contribution in [3.8, 4) is 11.1 Å². The second kappa shape index (κ2) is 8.48. The molecule has 3 N–H and O–H groups in total. The number of nitrogens with one attached hydrogen (secondary N) is 2. The standard InChI is InChI=1S/C26H33N3O2/c1-17-7-8-19(14-23(17)25(31)28-26(2,3)4)18-9-10-24-20(12-18)13-21(27-24)15-29-11-5-6-22(29)16-30/h7-10,12-14,22,27,30H,5-6,11,15-16H2,1-4H3,(H,28,31)/t22-/m1/s1. The van der Waals surface area contributed by atoms with Crippen LogP contribution < -0.4 is 5.32 Å². The molecule has 4 rings (SSSR count). The highest BCUT2D eigenvalue weighted by atomic mass is 16.3. The van der Waals surface area contributed by atoms with E-state index in [4.69, 9.17) is 0 Å². The number of likely N-dealkylation sites (tertiary alicyclic amines) is 1. The summed E-state index contributed by atoms with van der Waals surface area (Å²) in [6.07, 6.45) is 2.22. The Morgan fingerprint density at radius 2 is 1.90 bits per heavy atom. The predicted molar refractivity (Wildman–Crippen MR) is 126 cm³/mol. The summed E-state index contributed by atoms with van der Waals surface area (Å²) in [4.78, 5) is 18.6. The van der Waals surface area contributed by atoms with Gasteiger partial charge >= 0.3 is 0 Å². The zero-order chi connectivity index (χ0) is 22.2. The van der Waals surface area contributed by atoms with E-state index in [1.807, 2.05) is 39.8 Å². The van der Waals surface area contributed by atoms with Crippen LogP contribution in [0.15, 0.2) is 42.5 Å². The van der Waals surface area contributed by atoms with Crippen LogP contribution in [0.2, 0.25) is 0 Å². The van der Waals surface area contributed by atoms with Crippen molar-refractivity contribution in [3.63, 3.8) is 0 Å². The molecule has 164 valence electrons. The molecule has 1 atom stereocenters. The van der Waals surface area contributed by atoms with Crippen molar-refractivity contribution in [2.45, 2.75) is 58.7 Å². The van der Waals surface area contributed by atoms with Gasteiger partial charge in [0.25, 0.3) is 5.91 Å². The molecule has 1 aliphatic rings. The third-order valence-corrected chi connectivity index (χ3v) is 6.06. The maximum atomic E-state index is 12.8. The predicted octanol–water partition coefficient (Wildman–Crippen LogP) is 4.63. The molecule has 1 aliphatic heterocycles. The molecule has 5 heteroatoms. The van der Waals surface area contributed by atoms with Crippen molar-refractivity contribution in [1.82, 2.24) is 15.2 Å². The Labute approximate surface area is 184 Å². The Morgan fingerprint density at radius 1 is 1.16 bits per heavy atom. The van der Waals surface area contributed by atoms with Gasteiger partial charge in [-0.15, -0.1) is 0 Å². The molecule has 0 bridgehead atoms. The minimum absolute atomic E-state index is 0.0408. The number of hydrogen-bond acceptors (Lipinski definition) is 3. The molecular formula is C26H33N3O2. The van der Waals surface area contributed by atoms with E-state index in [0.29, 0.717) is 5.56 Å². The maximum Gasteiger partial charge on any atom is 0.251 e. The average molecular weight is 420 g/mol. The summed E-state index contributed by atoms with van der Waals surface area (Å²) < 4.78 is 0. The van der Waals surface area contributed by atoms with Gasteiger partial charge < -0.3 is 15.4 Å². The first-order chi connectivity index (χ1) is 14.7. The van der Waals surface area contributed by atoms with E-state index in [1.165, 1.54) is 5.69 Å². The van der Waals surface area contributed by atoms with E-state index in [2.05, 4.69) is 45.5 Å². The Hall–Kier alpha value is -2.63. The molecule has 0 aliphatic carbocycles. The van der Waals surface area contributed by atoms with E-state index in [9.17, 15) is 9.90 Å². The normalized spacial score (nSPS) is 17.4. The molecule has 31 heavy (non-hydrogen) atoms. The van der Waals surface area contributed by atoms with Gasteiger partial charge in [-0.1, -0.05) is 18.2 Å². The summed E-state index contributed by atoms with van der Waals surface area (Å²) in [6.45, 7) is 10.0. The number of amides is 1. The maximum absolute atomic E-state index is 12.8. The van der Waals surface area contributed by atoms with E-state index in [1.54, 1.807) is 0 Å². The zero-order valence-corrected chi connectivity index (χ0v) is 19.0. The first kappa shape index (κ1) is 21.6. The largest absolute Gasteiger partial charge is 0.395 e. The van der Waals surface area contributed by atoms with Gasteiger partial charge in [0.15, 0.2) is 0 Å². The quantitative estimate of drug-likeness (QED) is 0.565. The van der Waals surface area contributed by atoms with Crippen LogP contribution in [-0.4, -0.2) is 45.6 Å². The fourth-order valence-corrected chi connectivity index (χ4v) is 4.44. The van der Waals surface area contributed by atoms with Gasteiger partial charge in [-0.2, -0.15) is 0 Å². The number of fused-ring (bicyclic) bond motifs is 1. The number of aryl methyl sites for hydroxylation is 1. The summed E-state index contributed by atoms with van der Waals surface area (Å²) in [5.74, 6) is -0.0408. The first-order valence-corrected chi connectivity index (χ1v) is 11.1. The second-order valence-corrected chi connectivity index (χ2v) is 9.78. The van der Waals surface area contributed by atoms with E-state index in [-0.39, 0.29) is 24.1 Å². The Balaban J connectivity index is 1.60. The van der Waals surface area contributed by atoms with Crippen LogP contribution in [0.1, 0.15) is 55.2 Å². The number of aliphatic hydroxyl groups is 1. The number of aromatic nitrogens is 1. The number of benzene rings is 2. The van der Waals surface area contributed by atoms with Gasteiger partial charge in [0, 0.05) is 40.3 Å². The molecule has 1 amide bonds. The summed E-state index contributed by atoms with van der Waals surface area (Å²) in [6, 6.07) is 14.9. The minimum Gasteiger partial charge on any atom is -0.395 e. The molecule has 2 aromatic carbocycles. The van der Waals surface area contributed by atoms with Gasteiger partial charge in [-0.25, -0.2) is 0 Å². The van der Waals surface area contributed by atoms with Gasteiger partial charge in [-0.3, -0.25) is 9.69 Å². The fraction of sp³-hybridized carbons (Fsp3) is 0.423. The van der Waals surface area contributed by atoms with Crippen molar-refractivity contribution in [1.29, 1.82) is 0 Å². The number of carbonyl (C=O) groups excluding carboxylic acids is 1. The molecule has 0 spiro atoms. The highest BCUT2D eigenvalue weighted by Gasteiger charge is 2.24. The van der Waals surface area contributed by atoms with Crippen molar-refractivity contribution < 1.29 is 9.90 Å². The summed E-state index contributed by atoms with van der Waals surface area (Å²) in [5.41, 5.74) is 5.82. The number of aromatic amines is 1. The Kier molecular flexibility index (Phi) is 5.91. The lowest BCUT2D eigenvalue weighted by molar-refractivity contribution is 0.0919. The smallest absolute Gasteiger partial charge is 0.251 e. The van der Waals surface area contributed by atoms with E-state index >= 15 is 0 Å². The highest BCUT2D eigenvalue weighted by Crippen LogP contribution is 2.28. The van der Waals surface area contributed by atoms with Crippen LogP contribution in [-0.2, 0) is 6.54 Å². The summed E-state index contributed by atoms with van der Waals surface area (Å²) in [5, 5.41) is 13.8. The number of aliphatic hydroxyl groups excluding tert-OH is 1. The van der Waals surface area contributed by atoms with Gasteiger partial charge in [0.1, 0.15) is 0 Å². The lowest BCUT2D eigenvalue weighted by Gasteiger charge is -2.21. The van der Waals surface area contributed by atoms with Crippen LogP contribution in [0.4, 0.5) is 0 Å². The number of carbonyl (C=O) groups is 1. The topological polar surface area (TPSA) is 68.4 Å². The molecule has 2 heterocycles. The van der Waals surface area contributed by atoms with Crippen molar-refractivity contribution in [2.24, 2.45) is 0 Å². The number of hydrogen-bond donors (Lipinski definition) is 3. The van der Waals surface area contributed by atoms with E-state index < -0.39 is 0 Å². The van der Waals surface area contributed by atoms with Crippen LogP contribution in [0, 0.1) is 6.92 Å². The van der Waals surface area contributed by atoms with Crippen molar-refractivity contribution >= 4 is 16.8 Å². The van der Waals surface area contributed by atoms with Crippen LogP contribution >= 0.6 is 0 Å². The zero-order valence-electron chi connectivity index (χ0n) is 19.0. The minimum atomic E-state index is -0.273. The SMILES string of the molecule is Cc1ccc(-c2ccc3[nH]c(CN4CCC[C@@H]4CO)cc3c2)cc1C(=O)NC(C)(C)C. The number of rotatable bonds is 5. The summed E-state index contributed by atoms with van der Waals surface area (Å²) >= 11 is 0. The number of nitrogens with zero attached hydrogens (tertiary/aromatic N) is 1.